The molecule has 2 aliphatic rings. The molecule has 0 bridgehead atoms. The van der Waals surface area contributed by atoms with Gasteiger partial charge in [0.25, 0.3) is 0 Å². The van der Waals surface area contributed by atoms with Gasteiger partial charge in [0.2, 0.25) is 0 Å². The van der Waals surface area contributed by atoms with Crippen LogP contribution in [0.3, 0.4) is 0 Å². The van der Waals surface area contributed by atoms with E-state index < -0.39 is 0 Å². The summed E-state index contributed by atoms with van der Waals surface area (Å²) in [6.45, 7) is 2.53. The maximum Gasteiger partial charge on any atom is 0.306 e. The van der Waals surface area contributed by atoms with Crippen LogP contribution in [0.15, 0.2) is 71.9 Å². The molecule has 1 aromatic carbocycles. The summed E-state index contributed by atoms with van der Waals surface area (Å²) in [7, 11) is 1.68. The third-order valence-corrected chi connectivity index (χ3v) is 5.05. The number of hydrogen-bond acceptors (Lipinski definition) is 3. The number of rotatable bonds is 8. The zero-order valence-electron chi connectivity index (χ0n) is 16.2. The van der Waals surface area contributed by atoms with Gasteiger partial charge in [-0.1, -0.05) is 61.6 Å². The quantitative estimate of drug-likeness (QED) is 0.595. The minimum absolute atomic E-state index is 0.129. The smallest absolute Gasteiger partial charge is 0.306 e. The second-order valence-corrected chi connectivity index (χ2v) is 7.32. The highest BCUT2D eigenvalue weighted by Gasteiger charge is 2.16. The average Bonchev–Trinajstić information content (AvgIpc) is 2.71. The van der Waals surface area contributed by atoms with Crippen LogP contribution < -0.4 is 4.74 Å². The Bertz CT molecular complexity index is 783. The highest BCUT2D eigenvalue weighted by Crippen LogP contribution is 2.29. The largest absolute Gasteiger partial charge is 0.496 e. The molecule has 142 valence electrons. The van der Waals surface area contributed by atoms with Gasteiger partial charge in [-0.25, -0.2) is 0 Å². The maximum atomic E-state index is 12.1. The summed E-state index contributed by atoms with van der Waals surface area (Å²) in [6, 6.07) is 7.98. The molecule has 27 heavy (non-hydrogen) atoms. The Morgan fingerprint density at radius 2 is 2.15 bits per heavy atom. The number of benzene rings is 1. The van der Waals surface area contributed by atoms with Crippen molar-refractivity contribution in [2.45, 2.75) is 32.6 Å². The number of fused-ring (bicyclic) bond motifs is 1. The van der Waals surface area contributed by atoms with Crippen molar-refractivity contribution in [1.82, 2.24) is 0 Å². The van der Waals surface area contributed by atoms with Gasteiger partial charge in [-0.3, -0.25) is 4.79 Å². The lowest BCUT2D eigenvalue weighted by molar-refractivity contribution is -0.144. The van der Waals surface area contributed by atoms with Crippen molar-refractivity contribution in [1.29, 1.82) is 0 Å². The summed E-state index contributed by atoms with van der Waals surface area (Å²) in [5, 5.41) is 0. The number of hydrogen-bond donors (Lipinski definition) is 0. The van der Waals surface area contributed by atoms with Crippen LogP contribution >= 0.6 is 0 Å². The number of para-hydroxylation sites is 1. The first-order chi connectivity index (χ1) is 13.2. The van der Waals surface area contributed by atoms with Gasteiger partial charge < -0.3 is 9.47 Å². The second kappa shape index (κ2) is 9.40. The Labute approximate surface area is 162 Å². The molecular formula is C24H28O3. The predicted molar refractivity (Wildman–Crippen MR) is 109 cm³/mol. The standard InChI is InChI=1S/C24H28O3/c1-18(15-22-9-5-6-10-23(22)26-2)17-27-24(25)14-12-19-11-13-20-7-3-4-8-21(20)16-19/h3-6,8-11,13,16,18,20H,7,12,14-15,17H2,1-2H3/t18-,20?/m1/s1. The van der Waals surface area contributed by atoms with Crippen molar-refractivity contribution in [2.24, 2.45) is 11.8 Å². The Morgan fingerprint density at radius 3 is 3.00 bits per heavy atom. The molecule has 2 atom stereocenters. The molecule has 0 amide bonds. The highest BCUT2D eigenvalue weighted by molar-refractivity contribution is 5.70. The van der Waals surface area contributed by atoms with Gasteiger partial charge >= 0.3 is 5.97 Å². The molecule has 1 unspecified atom stereocenters. The van der Waals surface area contributed by atoms with E-state index >= 15 is 0 Å². The molecule has 0 aliphatic heterocycles. The van der Waals surface area contributed by atoms with E-state index in [2.05, 4.69) is 49.4 Å². The molecule has 0 saturated heterocycles. The molecule has 3 heteroatoms. The number of ether oxygens (including phenoxy) is 2. The molecule has 0 heterocycles. The van der Waals surface area contributed by atoms with Gasteiger partial charge in [-0.05, 0) is 48.0 Å². The Balaban J connectivity index is 1.42. The molecule has 3 rings (SSSR count). The molecule has 3 nitrogen and oxygen atoms in total. The van der Waals surface area contributed by atoms with Gasteiger partial charge in [-0.2, -0.15) is 0 Å². The summed E-state index contributed by atoms with van der Waals surface area (Å²) in [5.41, 5.74) is 3.69. The van der Waals surface area contributed by atoms with Gasteiger partial charge in [0.05, 0.1) is 13.7 Å². The Hall–Kier alpha value is -2.55. The van der Waals surface area contributed by atoms with E-state index in [4.69, 9.17) is 9.47 Å². The van der Waals surface area contributed by atoms with Crippen molar-refractivity contribution < 1.29 is 14.3 Å². The van der Waals surface area contributed by atoms with Crippen molar-refractivity contribution >= 4 is 5.97 Å². The minimum atomic E-state index is -0.129. The van der Waals surface area contributed by atoms with E-state index in [9.17, 15) is 4.79 Å². The second-order valence-electron chi connectivity index (χ2n) is 7.32. The fraction of sp³-hybridized carbons (Fsp3) is 0.375. The topological polar surface area (TPSA) is 35.5 Å². The van der Waals surface area contributed by atoms with E-state index in [0.29, 0.717) is 18.9 Å². The van der Waals surface area contributed by atoms with Gasteiger partial charge in [0.1, 0.15) is 5.75 Å². The zero-order valence-corrected chi connectivity index (χ0v) is 16.2. The number of carbonyl (C=O) groups is 1. The molecule has 0 saturated carbocycles. The summed E-state index contributed by atoms with van der Waals surface area (Å²) >= 11 is 0. The first-order valence-electron chi connectivity index (χ1n) is 9.68. The van der Waals surface area contributed by atoms with Crippen molar-refractivity contribution in [2.75, 3.05) is 13.7 Å². The predicted octanol–water partition coefficient (Wildman–Crippen LogP) is 5.20. The van der Waals surface area contributed by atoms with E-state index in [1.54, 1.807) is 7.11 Å². The lowest BCUT2D eigenvalue weighted by Gasteiger charge is -2.20. The van der Waals surface area contributed by atoms with E-state index in [-0.39, 0.29) is 11.9 Å². The van der Waals surface area contributed by atoms with Crippen LogP contribution in [-0.2, 0) is 16.0 Å². The first kappa shape index (κ1) is 19.2. The molecule has 2 aliphatic carbocycles. The fourth-order valence-electron chi connectivity index (χ4n) is 3.53. The monoisotopic (exact) mass is 364 g/mol. The molecule has 0 radical (unpaired) electrons. The van der Waals surface area contributed by atoms with Crippen molar-refractivity contribution in [3.8, 4) is 5.75 Å². The Morgan fingerprint density at radius 1 is 1.30 bits per heavy atom. The summed E-state index contributed by atoms with van der Waals surface area (Å²) in [4.78, 5) is 12.1. The van der Waals surface area contributed by atoms with E-state index in [0.717, 1.165) is 30.6 Å². The van der Waals surface area contributed by atoms with Crippen LogP contribution in [0.5, 0.6) is 5.75 Å². The number of carbonyl (C=O) groups excluding carboxylic acids is 1. The number of methoxy groups -OCH3 is 1. The summed E-state index contributed by atoms with van der Waals surface area (Å²) < 4.78 is 10.9. The van der Waals surface area contributed by atoms with Crippen LogP contribution in [-0.4, -0.2) is 19.7 Å². The van der Waals surface area contributed by atoms with Crippen molar-refractivity contribution in [3.05, 3.63) is 77.4 Å². The fourth-order valence-corrected chi connectivity index (χ4v) is 3.53. The molecule has 0 spiro atoms. The minimum Gasteiger partial charge on any atom is -0.496 e. The molecular weight excluding hydrogens is 336 g/mol. The Kier molecular flexibility index (Phi) is 6.69. The van der Waals surface area contributed by atoms with Crippen LogP contribution in [0.2, 0.25) is 0 Å². The third kappa shape index (κ3) is 5.46. The van der Waals surface area contributed by atoms with Crippen LogP contribution in [0.1, 0.15) is 31.7 Å². The lowest BCUT2D eigenvalue weighted by atomic mass is 9.85. The van der Waals surface area contributed by atoms with E-state index in [1.165, 1.54) is 11.1 Å². The van der Waals surface area contributed by atoms with Crippen molar-refractivity contribution in [3.63, 3.8) is 0 Å². The van der Waals surface area contributed by atoms with Gasteiger partial charge in [-0.15, -0.1) is 0 Å². The summed E-state index contributed by atoms with van der Waals surface area (Å²) in [6.07, 6.45) is 16.1. The zero-order chi connectivity index (χ0) is 19.1. The molecule has 1 aromatic rings. The van der Waals surface area contributed by atoms with Crippen LogP contribution in [0.25, 0.3) is 0 Å². The lowest BCUT2D eigenvalue weighted by Crippen LogP contribution is -2.14. The molecule has 0 N–H and O–H groups in total. The van der Waals surface area contributed by atoms with Gasteiger partial charge in [0.15, 0.2) is 0 Å². The van der Waals surface area contributed by atoms with E-state index in [1.807, 2.05) is 18.2 Å². The molecule has 0 fully saturated rings. The first-order valence-corrected chi connectivity index (χ1v) is 9.68. The maximum absolute atomic E-state index is 12.1. The van der Waals surface area contributed by atoms with Gasteiger partial charge in [0, 0.05) is 12.3 Å². The normalized spacial score (nSPS) is 19.0. The summed E-state index contributed by atoms with van der Waals surface area (Å²) in [5.74, 6) is 1.51. The average molecular weight is 364 g/mol. The molecule has 0 aromatic heterocycles. The SMILES string of the molecule is COc1ccccc1C[C@@H](C)COC(=O)CCC1=CC2=CC=CCC2C=C1. The highest BCUT2D eigenvalue weighted by atomic mass is 16.5. The van der Waals surface area contributed by atoms with Crippen LogP contribution in [0.4, 0.5) is 0 Å². The third-order valence-electron chi connectivity index (χ3n) is 5.05. The van der Waals surface area contributed by atoms with Crippen LogP contribution in [0, 0.1) is 11.8 Å². The number of esters is 1. The number of allylic oxidation sites excluding steroid dienone is 8.